The summed E-state index contributed by atoms with van der Waals surface area (Å²) in [5, 5.41) is 19.3. The van der Waals surface area contributed by atoms with Gasteiger partial charge in [0.15, 0.2) is 0 Å². The molecule has 2 N–H and O–H groups in total. The molecular weight excluding hydrogens is 212 g/mol. The number of hydrogen-bond donors (Lipinski definition) is 2. The average Bonchev–Trinajstić information content (AvgIpc) is 2.28. The normalized spacial score (nSPS) is 11.9. The van der Waals surface area contributed by atoms with Crippen molar-refractivity contribution < 1.29 is 24.5 Å². The lowest BCUT2D eigenvalue weighted by Gasteiger charge is -2.12. The van der Waals surface area contributed by atoms with E-state index in [0.717, 1.165) is 0 Å². The van der Waals surface area contributed by atoms with Crippen LogP contribution in [-0.2, 0) is 9.53 Å². The minimum absolute atomic E-state index is 0.115. The van der Waals surface area contributed by atoms with E-state index in [0.29, 0.717) is 5.75 Å². The van der Waals surface area contributed by atoms with E-state index in [1.54, 1.807) is 6.07 Å². The zero-order chi connectivity index (χ0) is 12.1. The van der Waals surface area contributed by atoms with Crippen molar-refractivity contribution in [1.29, 1.82) is 0 Å². The van der Waals surface area contributed by atoms with Crippen LogP contribution in [0.25, 0.3) is 0 Å². The molecule has 0 fully saturated rings. The van der Waals surface area contributed by atoms with Crippen LogP contribution >= 0.6 is 0 Å². The number of benzene rings is 1. The van der Waals surface area contributed by atoms with Crippen LogP contribution in [0.3, 0.4) is 0 Å². The molecule has 0 aliphatic heterocycles. The fourth-order valence-corrected chi connectivity index (χ4v) is 1.28. The van der Waals surface area contributed by atoms with E-state index in [4.69, 9.17) is 4.74 Å². The van der Waals surface area contributed by atoms with Gasteiger partial charge < -0.3 is 19.7 Å². The third-order valence-corrected chi connectivity index (χ3v) is 2.18. The Hall–Kier alpha value is -1.75. The Morgan fingerprint density at radius 3 is 2.62 bits per heavy atom. The Kier molecular flexibility index (Phi) is 4.13. The Balaban J connectivity index is 2.83. The van der Waals surface area contributed by atoms with Gasteiger partial charge in [0.2, 0.25) is 0 Å². The van der Waals surface area contributed by atoms with Crippen molar-refractivity contribution in [2.45, 2.75) is 12.5 Å². The molecule has 1 aromatic carbocycles. The lowest BCUT2D eigenvalue weighted by molar-refractivity contribution is -0.142. The molecule has 0 radical (unpaired) electrons. The number of phenolic OH excluding ortho intramolecular Hbond substituents is 1. The summed E-state index contributed by atoms with van der Waals surface area (Å²) >= 11 is 0. The molecule has 0 saturated carbocycles. The number of methoxy groups -OCH3 is 2. The van der Waals surface area contributed by atoms with Gasteiger partial charge in [0, 0.05) is 11.6 Å². The summed E-state index contributed by atoms with van der Waals surface area (Å²) in [4.78, 5) is 10.9. The van der Waals surface area contributed by atoms with Crippen molar-refractivity contribution in [2.75, 3.05) is 14.2 Å². The standard InChI is InChI=1S/C11H14O5/c1-15-7-3-4-8(9(12)5-7)10(13)6-11(14)16-2/h3-5,10,12-13H,6H2,1-2H3/t10-/m1/s1. The molecule has 0 spiro atoms. The van der Waals surface area contributed by atoms with Crippen molar-refractivity contribution in [3.8, 4) is 11.5 Å². The minimum Gasteiger partial charge on any atom is -0.507 e. The van der Waals surface area contributed by atoms with Crippen LogP contribution in [0, 0.1) is 0 Å². The van der Waals surface area contributed by atoms with Crippen molar-refractivity contribution in [3.05, 3.63) is 23.8 Å². The molecule has 88 valence electrons. The van der Waals surface area contributed by atoms with Crippen molar-refractivity contribution in [1.82, 2.24) is 0 Å². The smallest absolute Gasteiger partial charge is 0.308 e. The van der Waals surface area contributed by atoms with Gasteiger partial charge in [-0.05, 0) is 12.1 Å². The summed E-state index contributed by atoms with van der Waals surface area (Å²) in [5.41, 5.74) is 0.270. The molecule has 0 aliphatic carbocycles. The van der Waals surface area contributed by atoms with E-state index in [1.807, 2.05) is 0 Å². The fourth-order valence-electron chi connectivity index (χ4n) is 1.28. The Morgan fingerprint density at radius 2 is 2.12 bits per heavy atom. The number of esters is 1. The van der Waals surface area contributed by atoms with E-state index >= 15 is 0 Å². The van der Waals surface area contributed by atoms with Crippen LogP contribution in [0.2, 0.25) is 0 Å². The van der Waals surface area contributed by atoms with Crippen molar-refractivity contribution >= 4 is 5.97 Å². The van der Waals surface area contributed by atoms with Gasteiger partial charge in [0.05, 0.1) is 26.7 Å². The summed E-state index contributed by atoms with van der Waals surface area (Å²) in [6, 6.07) is 4.47. The molecule has 1 rings (SSSR count). The van der Waals surface area contributed by atoms with E-state index in [-0.39, 0.29) is 17.7 Å². The summed E-state index contributed by atoms with van der Waals surface area (Å²) in [6.07, 6.45) is -1.28. The second kappa shape index (κ2) is 5.37. The molecule has 0 amide bonds. The summed E-state index contributed by atoms with van der Waals surface area (Å²) < 4.78 is 9.32. The second-order valence-electron chi connectivity index (χ2n) is 3.22. The summed E-state index contributed by atoms with van der Waals surface area (Å²) in [5.74, 6) is -0.176. The maximum Gasteiger partial charge on any atom is 0.308 e. The monoisotopic (exact) mass is 226 g/mol. The van der Waals surface area contributed by atoms with Crippen LogP contribution in [0.1, 0.15) is 18.1 Å². The summed E-state index contributed by atoms with van der Waals surface area (Å²) in [6.45, 7) is 0. The molecule has 1 aromatic rings. The molecule has 0 bridgehead atoms. The topological polar surface area (TPSA) is 76.0 Å². The maximum atomic E-state index is 10.9. The van der Waals surface area contributed by atoms with E-state index < -0.39 is 12.1 Å². The van der Waals surface area contributed by atoms with Gasteiger partial charge in [-0.3, -0.25) is 4.79 Å². The Labute approximate surface area is 93.2 Å². The molecule has 0 aromatic heterocycles. The maximum absolute atomic E-state index is 10.9. The van der Waals surface area contributed by atoms with Crippen LogP contribution in [-0.4, -0.2) is 30.4 Å². The molecule has 5 heteroatoms. The average molecular weight is 226 g/mol. The van der Waals surface area contributed by atoms with Gasteiger partial charge in [-0.25, -0.2) is 0 Å². The summed E-state index contributed by atoms with van der Waals surface area (Å²) in [7, 11) is 2.71. The number of carbonyl (C=O) groups is 1. The van der Waals surface area contributed by atoms with Crippen molar-refractivity contribution in [2.24, 2.45) is 0 Å². The van der Waals surface area contributed by atoms with Gasteiger partial charge >= 0.3 is 5.97 Å². The number of carbonyl (C=O) groups excluding carboxylic acids is 1. The third-order valence-electron chi connectivity index (χ3n) is 2.18. The van der Waals surface area contributed by atoms with Gasteiger partial charge in [-0.1, -0.05) is 0 Å². The highest BCUT2D eigenvalue weighted by Gasteiger charge is 2.17. The third kappa shape index (κ3) is 2.87. The lowest BCUT2D eigenvalue weighted by Crippen LogP contribution is -2.08. The van der Waals surface area contributed by atoms with Crippen LogP contribution in [0.5, 0.6) is 11.5 Å². The van der Waals surface area contributed by atoms with Crippen LogP contribution in [0.15, 0.2) is 18.2 Å². The second-order valence-corrected chi connectivity index (χ2v) is 3.22. The predicted octanol–water partition coefficient (Wildman–Crippen LogP) is 0.997. The fraction of sp³-hybridized carbons (Fsp3) is 0.364. The highest BCUT2D eigenvalue weighted by atomic mass is 16.5. The number of hydrogen-bond acceptors (Lipinski definition) is 5. The zero-order valence-corrected chi connectivity index (χ0v) is 9.14. The van der Waals surface area contributed by atoms with Gasteiger partial charge in [-0.15, -0.1) is 0 Å². The zero-order valence-electron chi connectivity index (χ0n) is 9.14. The molecule has 0 heterocycles. The first kappa shape index (κ1) is 12.3. The molecule has 0 aliphatic rings. The minimum atomic E-state index is -1.08. The number of aromatic hydroxyl groups is 1. The number of phenols is 1. The number of aliphatic hydroxyl groups is 1. The first-order valence-electron chi connectivity index (χ1n) is 4.70. The van der Waals surface area contributed by atoms with E-state index in [9.17, 15) is 15.0 Å². The lowest BCUT2D eigenvalue weighted by atomic mass is 10.1. The molecule has 0 unspecified atom stereocenters. The van der Waals surface area contributed by atoms with Gasteiger partial charge in [0.25, 0.3) is 0 Å². The highest BCUT2D eigenvalue weighted by molar-refractivity contribution is 5.70. The van der Waals surface area contributed by atoms with Crippen LogP contribution < -0.4 is 4.74 Å². The first-order valence-corrected chi connectivity index (χ1v) is 4.70. The Morgan fingerprint density at radius 1 is 1.44 bits per heavy atom. The highest BCUT2D eigenvalue weighted by Crippen LogP contribution is 2.30. The number of ether oxygens (including phenoxy) is 2. The van der Waals surface area contributed by atoms with E-state index in [1.165, 1.54) is 26.4 Å². The predicted molar refractivity (Wildman–Crippen MR) is 56.3 cm³/mol. The van der Waals surface area contributed by atoms with Crippen molar-refractivity contribution in [3.63, 3.8) is 0 Å². The number of rotatable bonds is 4. The molecule has 16 heavy (non-hydrogen) atoms. The quantitative estimate of drug-likeness (QED) is 0.749. The Bertz CT molecular complexity index is 375. The molecule has 0 saturated heterocycles. The van der Waals surface area contributed by atoms with Gasteiger partial charge in [-0.2, -0.15) is 0 Å². The largest absolute Gasteiger partial charge is 0.507 e. The van der Waals surface area contributed by atoms with E-state index in [2.05, 4.69) is 4.74 Å². The SMILES string of the molecule is COC(=O)C[C@@H](O)c1ccc(OC)cc1O. The number of aliphatic hydroxyl groups excluding tert-OH is 1. The first-order chi connectivity index (χ1) is 7.58. The molecular formula is C11H14O5. The molecule has 5 nitrogen and oxygen atoms in total. The molecule has 1 atom stereocenters. The van der Waals surface area contributed by atoms with Gasteiger partial charge in [0.1, 0.15) is 11.5 Å². The van der Waals surface area contributed by atoms with Crippen LogP contribution in [0.4, 0.5) is 0 Å².